The molecule has 18 heavy (non-hydrogen) atoms. The van der Waals surface area contributed by atoms with Crippen LogP contribution in [-0.4, -0.2) is 41.1 Å². The average Bonchev–Trinajstić information content (AvgIpc) is 2.28. The molecule has 1 saturated heterocycles. The van der Waals surface area contributed by atoms with Crippen molar-refractivity contribution in [1.82, 2.24) is 10.2 Å². The van der Waals surface area contributed by atoms with Gasteiger partial charge < -0.3 is 15.3 Å². The second-order valence-corrected chi connectivity index (χ2v) is 5.09. The minimum Gasteiger partial charge on any atom is -0.507 e. The molecule has 0 saturated carbocycles. The highest BCUT2D eigenvalue weighted by Crippen LogP contribution is 2.23. The fourth-order valence-corrected chi connectivity index (χ4v) is 2.49. The number of aromatic hydroxyl groups is 1. The van der Waals surface area contributed by atoms with Crippen LogP contribution in [0.25, 0.3) is 0 Å². The van der Waals surface area contributed by atoms with Crippen molar-refractivity contribution in [1.29, 1.82) is 0 Å². The minimum absolute atomic E-state index is 0.0675. The van der Waals surface area contributed by atoms with Crippen LogP contribution in [0.1, 0.15) is 29.8 Å². The third-order valence-corrected chi connectivity index (χ3v) is 3.45. The highest BCUT2D eigenvalue weighted by atomic mass is 16.3. The Morgan fingerprint density at radius 1 is 1.33 bits per heavy atom. The van der Waals surface area contributed by atoms with Gasteiger partial charge in [-0.2, -0.15) is 0 Å². The lowest BCUT2D eigenvalue weighted by Crippen LogP contribution is -2.57. The number of phenolic OH excluding ortho intramolecular Hbond substituents is 1. The summed E-state index contributed by atoms with van der Waals surface area (Å²) < 4.78 is 0. The van der Waals surface area contributed by atoms with Crippen LogP contribution in [0.4, 0.5) is 0 Å². The maximum absolute atomic E-state index is 12.5. The monoisotopic (exact) mass is 248 g/mol. The van der Waals surface area contributed by atoms with Crippen molar-refractivity contribution in [3.63, 3.8) is 0 Å². The van der Waals surface area contributed by atoms with E-state index in [2.05, 4.69) is 5.32 Å². The summed E-state index contributed by atoms with van der Waals surface area (Å²) in [5, 5.41) is 13.2. The quantitative estimate of drug-likeness (QED) is 0.792. The Kier molecular flexibility index (Phi) is 3.57. The summed E-state index contributed by atoms with van der Waals surface area (Å²) in [5.74, 6) is -0.0214. The minimum atomic E-state index is -0.0889. The van der Waals surface area contributed by atoms with E-state index in [1.54, 1.807) is 12.1 Å². The molecule has 0 aromatic heterocycles. The average molecular weight is 248 g/mol. The van der Waals surface area contributed by atoms with E-state index in [0.29, 0.717) is 5.56 Å². The SMILES string of the molecule is Cc1ccc(C(=O)N2C(C)CNCC2C)c(O)c1. The van der Waals surface area contributed by atoms with Crippen molar-refractivity contribution >= 4 is 5.91 Å². The number of amides is 1. The molecule has 1 aromatic rings. The van der Waals surface area contributed by atoms with E-state index in [0.717, 1.165) is 18.7 Å². The number of carbonyl (C=O) groups is 1. The first kappa shape index (κ1) is 12.9. The molecular formula is C14H20N2O2. The number of phenols is 1. The summed E-state index contributed by atoms with van der Waals surface area (Å²) in [7, 11) is 0. The lowest BCUT2D eigenvalue weighted by Gasteiger charge is -2.39. The molecule has 2 atom stereocenters. The predicted octanol–water partition coefficient (Wildman–Crippen LogP) is 1.52. The van der Waals surface area contributed by atoms with Crippen molar-refractivity contribution in [2.24, 2.45) is 0 Å². The van der Waals surface area contributed by atoms with Gasteiger partial charge in [-0.15, -0.1) is 0 Å². The number of carbonyl (C=O) groups excluding carboxylic acids is 1. The smallest absolute Gasteiger partial charge is 0.258 e. The molecule has 0 radical (unpaired) electrons. The molecule has 1 amide bonds. The number of hydrogen-bond donors (Lipinski definition) is 2. The molecule has 1 heterocycles. The van der Waals surface area contributed by atoms with Gasteiger partial charge in [0.05, 0.1) is 5.56 Å². The summed E-state index contributed by atoms with van der Waals surface area (Å²) >= 11 is 0. The first-order chi connectivity index (χ1) is 8.50. The Morgan fingerprint density at radius 2 is 1.94 bits per heavy atom. The number of hydrogen-bond acceptors (Lipinski definition) is 3. The van der Waals surface area contributed by atoms with Crippen LogP contribution in [0.2, 0.25) is 0 Å². The Labute approximate surface area is 108 Å². The van der Waals surface area contributed by atoms with Crippen LogP contribution in [0, 0.1) is 6.92 Å². The third-order valence-electron chi connectivity index (χ3n) is 3.45. The van der Waals surface area contributed by atoms with E-state index in [4.69, 9.17) is 0 Å². The van der Waals surface area contributed by atoms with E-state index in [9.17, 15) is 9.90 Å². The van der Waals surface area contributed by atoms with E-state index in [-0.39, 0.29) is 23.7 Å². The predicted molar refractivity (Wildman–Crippen MR) is 70.8 cm³/mol. The number of piperazine rings is 1. The first-order valence-corrected chi connectivity index (χ1v) is 6.33. The van der Waals surface area contributed by atoms with Gasteiger partial charge in [-0.3, -0.25) is 4.79 Å². The molecule has 4 nitrogen and oxygen atoms in total. The van der Waals surface area contributed by atoms with Crippen LogP contribution in [0.15, 0.2) is 18.2 Å². The van der Waals surface area contributed by atoms with Crippen LogP contribution < -0.4 is 5.32 Å². The lowest BCUT2D eigenvalue weighted by molar-refractivity contribution is 0.0541. The summed E-state index contributed by atoms with van der Waals surface area (Å²) in [6.45, 7) is 7.52. The molecular weight excluding hydrogens is 228 g/mol. The zero-order valence-corrected chi connectivity index (χ0v) is 11.1. The van der Waals surface area contributed by atoms with Gasteiger partial charge in [0.25, 0.3) is 5.91 Å². The van der Waals surface area contributed by atoms with Crippen LogP contribution in [0.5, 0.6) is 5.75 Å². The summed E-state index contributed by atoms with van der Waals surface area (Å²) in [5.41, 5.74) is 1.34. The van der Waals surface area contributed by atoms with Gasteiger partial charge in [-0.1, -0.05) is 6.07 Å². The largest absolute Gasteiger partial charge is 0.507 e. The first-order valence-electron chi connectivity index (χ1n) is 6.33. The normalized spacial score (nSPS) is 24.1. The van der Waals surface area contributed by atoms with Gasteiger partial charge in [-0.25, -0.2) is 0 Å². The zero-order chi connectivity index (χ0) is 13.3. The Bertz CT molecular complexity index is 449. The van der Waals surface area contributed by atoms with Gasteiger partial charge in [0.15, 0.2) is 0 Å². The van der Waals surface area contributed by atoms with E-state index >= 15 is 0 Å². The van der Waals surface area contributed by atoms with Crippen LogP contribution in [-0.2, 0) is 0 Å². The third kappa shape index (κ3) is 2.34. The molecule has 98 valence electrons. The van der Waals surface area contributed by atoms with E-state index in [1.807, 2.05) is 31.7 Å². The van der Waals surface area contributed by atoms with Gasteiger partial charge in [0, 0.05) is 25.2 Å². The molecule has 0 bridgehead atoms. The standard InChI is InChI=1S/C14H20N2O2/c1-9-4-5-12(13(17)6-9)14(18)16-10(2)7-15-8-11(16)3/h4-6,10-11,15,17H,7-8H2,1-3H3. The van der Waals surface area contributed by atoms with Crippen LogP contribution in [0.3, 0.4) is 0 Å². The molecule has 1 fully saturated rings. The number of aryl methyl sites for hydroxylation is 1. The highest BCUT2D eigenvalue weighted by molar-refractivity contribution is 5.97. The lowest BCUT2D eigenvalue weighted by atomic mass is 10.1. The number of nitrogens with zero attached hydrogens (tertiary/aromatic N) is 1. The molecule has 1 aliphatic heterocycles. The van der Waals surface area contributed by atoms with E-state index < -0.39 is 0 Å². The van der Waals surface area contributed by atoms with Crippen molar-refractivity contribution in [2.75, 3.05) is 13.1 Å². The maximum atomic E-state index is 12.5. The Morgan fingerprint density at radius 3 is 2.50 bits per heavy atom. The molecule has 0 spiro atoms. The van der Waals surface area contributed by atoms with Gasteiger partial charge in [0.1, 0.15) is 5.75 Å². The molecule has 2 rings (SSSR count). The van der Waals surface area contributed by atoms with Crippen molar-refractivity contribution in [3.8, 4) is 5.75 Å². The second kappa shape index (κ2) is 4.98. The van der Waals surface area contributed by atoms with Crippen molar-refractivity contribution in [3.05, 3.63) is 29.3 Å². The highest BCUT2D eigenvalue weighted by Gasteiger charge is 2.30. The molecule has 0 aliphatic carbocycles. The number of rotatable bonds is 1. The molecule has 4 heteroatoms. The Hall–Kier alpha value is -1.55. The van der Waals surface area contributed by atoms with Crippen molar-refractivity contribution < 1.29 is 9.90 Å². The number of benzene rings is 1. The molecule has 1 aliphatic rings. The van der Waals surface area contributed by atoms with Crippen LogP contribution >= 0.6 is 0 Å². The Balaban J connectivity index is 2.29. The summed E-state index contributed by atoms with van der Waals surface area (Å²) in [4.78, 5) is 14.3. The van der Waals surface area contributed by atoms with E-state index in [1.165, 1.54) is 0 Å². The molecule has 2 unspecified atom stereocenters. The fraction of sp³-hybridized carbons (Fsp3) is 0.500. The molecule has 1 aromatic carbocycles. The maximum Gasteiger partial charge on any atom is 0.258 e. The fourth-order valence-electron chi connectivity index (χ4n) is 2.49. The topological polar surface area (TPSA) is 52.6 Å². The summed E-state index contributed by atoms with van der Waals surface area (Å²) in [6, 6.07) is 5.47. The molecule has 2 N–H and O–H groups in total. The second-order valence-electron chi connectivity index (χ2n) is 5.09. The van der Waals surface area contributed by atoms with Gasteiger partial charge >= 0.3 is 0 Å². The van der Waals surface area contributed by atoms with Crippen molar-refractivity contribution in [2.45, 2.75) is 32.9 Å². The van der Waals surface area contributed by atoms with Gasteiger partial charge in [-0.05, 0) is 38.5 Å². The zero-order valence-electron chi connectivity index (χ0n) is 11.1. The number of nitrogens with one attached hydrogen (secondary N) is 1. The van der Waals surface area contributed by atoms with Gasteiger partial charge in [0.2, 0.25) is 0 Å². The summed E-state index contributed by atoms with van der Waals surface area (Å²) in [6.07, 6.45) is 0.